The van der Waals surface area contributed by atoms with Gasteiger partial charge in [0.05, 0.1) is 25.3 Å². The molecule has 0 unspecified atom stereocenters. The van der Waals surface area contributed by atoms with E-state index in [1.54, 1.807) is 0 Å². The number of nitrogens with zero attached hydrogens (tertiary/aromatic N) is 2. The molecule has 1 aromatic carbocycles. The largest absolute Gasteiger partial charge is 0.481 e. The minimum atomic E-state index is -0.849. The summed E-state index contributed by atoms with van der Waals surface area (Å²) in [6.07, 6.45) is -0.0238. The summed E-state index contributed by atoms with van der Waals surface area (Å²) >= 11 is 1.49. The molecule has 1 N–H and O–H groups in total. The Morgan fingerprint density at radius 1 is 1.36 bits per heavy atom. The van der Waals surface area contributed by atoms with Crippen LogP contribution in [0.2, 0.25) is 0 Å². The zero-order valence-corrected chi connectivity index (χ0v) is 13.0. The molecule has 0 radical (unpaired) electrons. The van der Waals surface area contributed by atoms with E-state index in [0.29, 0.717) is 5.69 Å². The Balaban J connectivity index is 1.72. The second kappa shape index (κ2) is 7.00. The zero-order valence-electron chi connectivity index (χ0n) is 12.2. The molecule has 6 heteroatoms. The average Bonchev–Trinajstić information content (AvgIpc) is 2.96. The molecule has 1 aliphatic rings. The third-order valence-electron chi connectivity index (χ3n) is 3.57. The summed E-state index contributed by atoms with van der Waals surface area (Å²) in [6.45, 7) is 4.43. The molecule has 1 aromatic heterocycles. The van der Waals surface area contributed by atoms with E-state index in [9.17, 15) is 4.79 Å². The first-order chi connectivity index (χ1) is 10.7. The smallest absolute Gasteiger partial charge is 0.309 e. The highest BCUT2D eigenvalue weighted by atomic mass is 32.1. The number of hydrogen-bond acceptors (Lipinski definition) is 5. The molecule has 3 rings (SSSR count). The van der Waals surface area contributed by atoms with Crippen LogP contribution < -0.4 is 0 Å². The Morgan fingerprint density at radius 2 is 2.18 bits per heavy atom. The quantitative estimate of drug-likeness (QED) is 0.916. The van der Waals surface area contributed by atoms with Crippen molar-refractivity contribution in [2.45, 2.75) is 13.0 Å². The van der Waals surface area contributed by atoms with Crippen molar-refractivity contribution < 1.29 is 14.6 Å². The van der Waals surface area contributed by atoms with Crippen LogP contribution in [-0.4, -0.2) is 47.3 Å². The normalized spacial score (nSPS) is 15.8. The van der Waals surface area contributed by atoms with Crippen molar-refractivity contribution in [2.24, 2.45) is 0 Å². The van der Waals surface area contributed by atoms with E-state index in [4.69, 9.17) is 9.84 Å². The van der Waals surface area contributed by atoms with Gasteiger partial charge in [0.25, 0.3) is 0 Å². The van der Waals surface area contributed by atoms with E-state index in [1.165, 1.54) is 16.9 Å². The van der Waals surface area contributed by atoms with E-state index in [-0.39, 0.29) is 6.42 Å². The van der Waals surface area contributed by atoms with Gasteiger partial charge in [-0.15, -0.1) is 11.3 Å². The molecule has 5 nitrogen and oxygen atoms in total. The van der Waals surface area contributed by atoms with Gasteiger partial charge < -0.3 is 9.84 Å². The van der Waals surface area contributed by atoms with Crippen molar-refractivity contribution in [3.63, 3.8) is 0 Å². The molecule has 116 valence electrons. The molecular weight excluding hydrogens is 300 g/mol. The van der Waals surface area contributed by atoms with Crippen molar-refractivity contribution in [1.29, 1.82) is 0 Å². The van der Waals surface area contributed by atoms with E-state index < -0.39 is 5.97 Å². The first kappa shape index (κ1) is 15.1. The molecule has 0 spiro atoms. The van der Waals surface area contributed by atoms with Crippen molar-refractivity contribution in [2.75, 3.05) is 26.3 Å². The highest BCUT2D eigenvalue weighted by molar-refractivity contribution is 7.13. The van der Waals surface area contributed by atoms with Crippen LogP contribution in [-0.2, 0) is 22.5 Å². The maximum atomic E-state index is 10.7. The first-order valence-electron chi connectivity index (χ1n) is 7.26. The number of thiazole rings is 1. The van der Waals surface area contributed by atoms with Crippen molar-refractivity contribution >= 4 is 17.3 Å². The van der Waals surface area contributed by atoms with Gasteiger partial charge in [-0.25, -0.2) is 4.98 Å². The van der Waals surface area contributed by atoms with Crippen molar-refractivity contribution in [3.8, 4) is 10.6 Å². The molecule has 0 saturated carbocycles. The SMILES string of the molecule is O=C(O)Cc1csc(-c2cccc(CN3CCOCC3)c2)n1. The van der Waals surface area contributed by atoms with Crippen LogP contribution in [0, 0.1) is 0 Å². The minimum absolute atomic E-state index is 0.0238. The number of ether oxygens (including phenoxy) is 1. The number of carboxylic acids is 1. The van der Waals surface area contributed by atoms with Crippen LogP contribution >= 0.6 is 11.3 Å². The fourth-order valence-electron chi connectivity index (χ4n) is 2.50. The summed E-state index contributed by atoms with van der Waals surface area (Å²) in [4.78, 5) is 17.5. The second-order valence-electron chi connectivity index (χ2n) is 5.30. The molecular formula is C16H18N2O3S. The lowest BCUT2D eigenvalue weighted by molar-refractivity contribution is -0.136. The molecule has 2 heterocycles. The lowest BCUT2D eigenvalue weighted by Gasteiger charge is -2.26. The first-order valence-corrected chi connectivity index (χ1v) is 8.14. The molecule has 0 amide bonds. The standard InChI is InChI=1S/C16H18N2O3S/c19-15(20)9-14-11-22-16(17-14)13-3-1-2-12(8-13)10-18-4-6-21-7-5-18/h1-3,8,11H,4-7,9-10H2,(H,19,20). The molecule has 2 aromatic rings. The predicted octanol–water partition coefficient (Wildman–Crippen LogP) is 2.27. The lowest BCUT2D eigenvalue weighted by Crippen LogP contribution is -2.35. The van der Waals surface area contributed by atoms with Gasteiger partial charge in [-0.05, 0) is 11.6 Å². The van der Waals surface area contributed by atoms with Gasteiger partial charge in [0.15, 0.2) is 0 Å². The number of carbonyl (C=O) groups is 1. The highest BCUT2D eigenvalue weighted by Crippen LogP contribution is 2.25. The van der Waals surface area contributed by atoms with Crippen LogP contribution in [0.5, 0.6) is 0 Å². The molecule has 1 saturated heterocycles. The number of aromatic nitrogens is 1. The summed E-state index contributed by atoms with van der Waals surface area (Å²) in [7, 11) is 0. The lowest BCUT2D eigenvalue weighted by atomic mass is 10.1. The van der Waals surface area contributed by atoms with Gasteiger partial charge in [0.1, 0.15) is 5.01 Å². The number of aliphatic carboxylic acids is 1. The van der Waals surface area contributed by atoms with Gasteiger partial charge in [-0.2, -0.15) is 0 Å². The monoisotopic (exact) mass is 318 g/mol. The molecule has 1 fully saturated rings. The third-order valence-corrected chi connectivity index (χ3v) is 4.51. The molecule has 22 heavy (non-hydrogen) atoms. The summed E-state index contributed by atoms with van der Waals surface area (Å²) in [5.41, 5.74) is 2.91. The third kappa shape index (κ3) is 3.91. The minimum Gasteiger partial charge on any atom is -0.481 e. The van der Waals surface area contributed by atoms with Crippen molar-refractivity contribution in [3.05, 3.63) is 40.9 Å². The number of carboxylic acid groups (broad SMARTS) is 1. The Kier molecular flexibility index (Phi) is 4.82. The Hall–Kier alpha value is -1.76. The number of rotatable bonds is 5. The van der Waals surface area contributed by atoms with Crippen LogP contribution in [0.4, 0.5) is 0 Å². The van der Waals surface area contributed by atoms with E-state index in [2.05, 4.69) is 22.0 Å². The summed E-state index contributed by atoms with van der Waals surface area (Å²) in [6, 6.07) is 8.30. The van der Waals surface area contributed by atoms with E-state index >= 15 is 0 Å². The van der Waals surface area contributed by atoms with Gasteiger partial charge in [-0.1, -0.05) is 18.2 Å². The van der Waals surface area contributed by atoms with Crippen molar-refractivity contribution in [1.82, 2.24) is 9.88 Å². The maximum Gasteiger partial charge on any atom is 0.309 e. The number of hydrogen-bond donors (Lipinski definition) is 1. The topological polar surface area (TPSA) is 62.7 Å². The van der Waals surface area contributed by atoms with Crippen LogP contribution in [0.3, 0.4) is 0 Å². The fraction of sp³-hybridized carbons (Fsp3) is 0.375. The summed E-state index contributed by atoms with van der Waals surface area (Å²) in [5.74, 6) is -0.849. The molecule has 0 bridgehead atoms. The summed E-state index contributed by atoms with van der Waals surface area (Å²) < 4.78 is 5.37. The Bertz CT molecular complexity index is 650. The predicted molar refractivity (Wildman–Crippen MR) is 85.0 cm³/mol. The highest BCUT2D eigenvalue weighted by Gasteiger charge is 2.12. The Labute approximate surface area is 133 Å². The van der Waals surface area contributed by atoms with E-state index in [0.717, 1.165) is 43.4 Å². The maximum absolute atomic E-state index is 10.7. The summed E-state index contributed by atoms with van der Waals surface area (Å²) in [5, 5.41) is 11.5. The van der Waals surface area contributed by atoms with Gasteiger partial charge in [0.2, 0.25) is 0 Å². The van der Waals surface area contributed by atoms with Gasteiger partial charge >= 0.3 is 5.97 Å². The zero-order chi connectivity index (χ0) is 15.4. The Morgan fingerprint density at radius 3 is 2.95 bits per heavy atom. The number of benzene rings is 1. The fourth-order valence-corrected chi connectivity index (χ4v) is 3.31. The van der Waals surface area contributed by atoms with Gasteiger partial charge in [0, 0.05) is 30.6 Å². The molecule has 0 atom stereocenters. The van der Waals surface area contributed by atoms with Crippen LogP contribution in [0.25, 0.3) is 10.6 Å². The average molecular weight is 318 g/mol. The van der Waals surface area contributed by atoms with Crippen LogP contribution in [0.15, 0.2) is 29.6 Å². The van der Waals surface area contributed by atoms with E-state index in [1.807, 2.05) is 17.5 Å². The number of morpholine rings is 1. The molecule has 1 aliphatic heterocycles. The van der Waals surface area contributed by atoms with Crippen LogP contribution in [0.1, 0.15) is 11.3 Å². The van der Waals surface area contributed by atoms with Gasteiger partial charge in [-0.3, -0.25) is 9.69 Å². The molecule has 0 aliphatic carbocycles. The second-order valence-corrected chi connectivity index (χ2v) is 6.16.